The van der Waals surface area contributed by atoms with Gasteiger partial charge in [0.25, 0.3) is 5.91 Å². The number of amides is 1. The standard InChI is InChI=1S/C27H21N3O3/c1-17-14-21(18(2)30(17)25-9-5-7-19-6-3-4-8-24(19)25)15-22(16-28)26(31)29-23-12-10-20(11-13-23)27(32)33/h3-15H,1-2H3,(H,29,31)(H,32,33)/p-1/b22-15+. The average molecular weight is 434 g/mol. The number of fused-ring (bicyclic) bond motifs is 1. The normalized spacial score (nSPS) is 11.2. The van der Waals surface area contributed by atoms with Gasteiger partial charge in [0.2, 0.25) is 0 Å². The zero-order valence-corrected chi connectivity index (χ0v) is 18.1. The molecule has 1 amide bonds. The van der Waals surface area contributed by atoms with E-state index in [9.17, 15) is 20.0 Å². The van der Waals surface area contributed by atoms with E-state index in [-0.39, 0.29) is 11.1 Å². The third-order valence-electron chi connectivity index (χ3n) is 5.52. The quantitative estimate of drug-likeness (QED) is 0.377. The fourth-order valence-corrected chi connectivity index (χ4v) is 3.90. The summed E-state index contributed by atoms with van der Waals surface area (Å²) in [5, 5.41) is 25.3. The molecule has 162 valence electrons. The third kappa shape index (κ3) is 4.25. The number of carboxylic acids is 1. The lowest BCUT2D eigenvalue weighted by atomic mass is 10.1. The molecule has 0 saturated heterocycles. The van der Waals surface area contributed by atoms with E-state index in [2.05, 4.69) is 28.1 Å². The number of carbonyl (C=O) groups is 2. The second kappa shape index (κ2) is 8.85. The van der Waals surface area contributed by atoms with Gasteiger partial charge in [-0.25, -0.2) is 0 Å². The molecule has 0 aliphatic rings. The molecular formula is C27H20N3O3-. The molecule has 4 aromatic rings. The first-order valence-electron chi connectivity index (χ1n) is 10.3. The Balaban J connectivity index is 1.67. The van der Waals surface area contributed by atoms with Crippen LogP contribution >= 0.6 is 0 Å². The number of benzene rings is 3. The van der Waals surface area contributed by atoms with Gasteiger partial charge in [-0.2, -0.15) is 5.26 Å². The summed E-state index contributed by atoms with van der Waals surface area (Å²) in [5.41, 5.74) is 4.00. The first kappa shape index (κ1) is 21.6. The monoisotopic (exact) mass is 434 g/mol. The highest BCUT2D eigenvalue weighted by molar-refractivity contribution is 6.10. The van der Waals surface area contributed by atoms with Crippen molar-refractivity contribution in [2.75, 3.05) is 5.32 Å². The van der Waals surface area contributed by atoms with Crippen LogP contribution in [0.3, 0.4) is 0 Å². The average Bonchev–Trinajstić information content (AvgIpc) is 3.09. The van der Waals surface area contributed by atoms with Gasteiger partial charge >= 0.3 is 0 Å². The molecule has 0 aliphatic carbocycles. The van der Waals surface area contributed by atoms with E-state index in [4.69, 9.17) is 0 Å². The summed E-state index contributed by atoms with van der Waals surface area (Å²) in [6, 6.07) is 23.7. The predicted molar refractivity (Wildman–Crippen MR) is 126 cm³/mol. The van der Waals surface area contributed by atoms with Gasteiger partial charge in [-0.3, -0.25) is 4.79 Å². The number of carbonyl (C=O) groups excluding carboxylic acids is 2. The van der Waals surface area contributed by atoms with Crippen molar-refractivity contribution in [3.05, 3.63) is 101 Å². The Bertz CT molecular complexity index is 1450. The van der Waals surface area contributed by atoms with E-state index in [1.165, 1.54) is 24.3 Å². The minimum absolute atomic E-state index is 0.00456. The second-order valence-corrected chi connectivity index (χ2v) is 7.65. The zero-order chi connectivity index (χ0) is 23.5. The molecule has 0 spiro atoms. The number of rotatable bonds is 5. The third-order valence-corrected chi connectivity index (χ3v) is 5.52. The van der Waals surface area contributed by atoms with Gasteiger partial charge in [0, 0.05) is 22.5 Å². The molecule has 33 heavy (non-hydrogen) atoms. The highest BCUT2D eigenvalue weighted by Crippen LogP contribution is 2.28. The van der Waals surface area contributed by atoms with Crippen molar-refractivity contribution < 1.29 is 14.7 Å². The second-order valence-electron chi connectivity index (χ2n) is 7.65. The zero-order valence-electron chi connectivity index (χ0n) is 18.1. The number of nitrogens with one attached hydrogen (secondary N) is 1. The van der Waals surface area contributed by atoms with Crippen LogP contribution in [0.25, 0.3) is 22.5 Å². The van der Waals surface area contributed by atoms with Crippen molar-refractivity contribution in [2.45, 2.75) is 13.8 Å². The molecule has 1 aromatic heterocycles. The summed E-state index contributed by atoms with van der Waals surface area (Å²) in [5.74, 6) is -1.87. The van der Waals surface area contributed by atoms with Gasteiger partial charge in [-0.15, -0.1) is 0 Å². The van der Waals surface area contributed by atoms with Crippen molar-refractivity contribution >= 4 is 34.4 Å². The molecule has 6 heteroatoms. The minimum atomic E-state index is -1.30. The van der Waals surface area contributed by atoms with Crippen LogP contribution in [0.2, 0.25) is 0 Å². The van der Waals surface area contributed by atoms with Gasteiger partial charge in [-0.05, 0) is 60.7 Å². The van der Waals surface area contributed by atoms with E-state index in [0.29, 0.717) is 5.69 Å². The van der Waals surface area contributed by atoms with Crippen LogP contribution in [-0.4, -0.2) is 16.4 Å². The molecule has 1 heterocycles. The van der Waals surface area contributed by atoms with Gasteiger partial charge in [0.05, 0.1) is 11.7 Å². The predicted octanol–water partition coefficient (Wildman–Crippen LogP) is 4.16. The summed E-state index contributed by atoms with van der Waals surface area (Å²) in [7, 11) is 0. The molecule has 1 N–H and O–H groups in total. The fraction of sp³-hybridized carbons (Fsp3) is 0.0741. The molecule has 0 fully saturated rings. The van der Waals surface area contributed by atoms with Crippen molar-refractivity contribution in [1.29, 1.82) is 5.26 Å². The Morgan fingerprint density at radius 2 is 1.70 bits per heavy atom. The first-order valence-corrected chi connectivity index (χ1v) is 10.3. The smallest absolute Gasteiger partial charge is 0.266 e. The van der Waals surface area contributed by atoms with E-state index in [0.717, 1.165) is 33.4 Å². The first-order chi connectivity index (χ1) is 15.9. The number of aromatic nitrogens is 1. The lowest BCUT2D eigenvalue weighted by molar-refractivity contribution is -0.255. The Kier molecular flexibility index (Phi) is 5.79. The molecule has 4 rings (SSSR count). The van der Waals surface area contributed by atoms with Crippen molar-refractivity contribution in [3.63, 3.8) is 0 Å². The van der Waals surface area contributed by atoms with E-state index in [1.807, 2.05) is 50.2 Å². The molecular weight excluding hydrogens is 414 g/mol. The number of nitrogens with zero attached hydrogens (tertiary/aromatic N) is 2. The molecule has 0 atom stereocenters. The highest BCUT2D eigenvalue weighted by Gasteiger charge is 2.15. The van der Waals surface area contributed by atoms with E-state index in [1.54, 1.807) is 6.08 Å². The maximum Gasteiger partial charge on any atom is 0.266 e. The summed E-state index contributed by atoms with van der Waals surface area (Å²) >= 11 is 0. The van der Waals surface area contributed by atoms with Crippen LogP contribution < -0.4 is 10.4 Å². The van der Waals surface area contributed by atoms with Crippen LogP contribution in [0.15, 0.2) is 78.4 Å². The number of aromatic carboxylic acids is 1. The summed E-state index contributed by atoms with van der Waals surface area (Å²) in [6.07, 6.45) is 1.56. The molecule has 0 radical (unpaired) electrons. The maximum absolute atomic E-state index is 12.7. The van der Waals surface area contributed by atoms with Gasteiger partial charge < -0.3 is 19.8 Å². The number of aryl methyl sites for hydroxylation is 1. The van der Waals surface area contributed by atoms with Crippen LogP contribution in [-0.2, 0) is 4.79 Å². The number of carboxylic acid groups (broad SMARTS) is 1. The number of hydrogen-bond donors (Lipinski definition) is 1. The number of nitriles is 1. The van der Waals surface area contributed by atoms with E-state index >= 15 is 0 Å². The van der Waals surface area contributed by atoms with Gasteiger partial charge in [-0.1, -0.05) is 48.5 Å². The Hall–Kier alpha value is -4.63. The Morgan fingerprint density at radius 1 is 1.00 bits per heavy atom. The lowest BCUT2D eigenvalue weighted by Gasteiger charge is -2.13. The van der Waals surface area contributed by atoms with Crippen molar-refractivity contribution in [3.8, 4) is 11.8 Å². The van der Waals surface area contributed by atoms with Crippen LogP contribution in [0.1, 0.15) is 27.3 Å². The topological polar surface area (TPSA) is 98.0 Å². The highest BCUT2D eigenvalue weighted by atomic mass is 16.4. The summed E-state index contributed by atoms with van der Waals surface area (Å²) in [4.78, 5) is 23.6. The van der Waals surface area contributed by atoms with E-state index < -0.39 is 11.9 Å². The number of hydrogen-bond acceptors (Lipinski definition) is 4. The molecule has 0 saturated carbocycles. The molecule has 0 bridgehead atoms. The minimum Gasteiger partial charge on any atom is -0.545 e. The summed E-state index contributed by atoms with van der Waals surface area (Å²) in [6.45, 7) is 3.93. The number of anilines is 1. The largest absolute Gasteiger partial charge is 0.545 e. The van der Waals surface area contributed by atoms with Crippen LogP contribution in [0.4, 0.5) is 5.69 Å². The molecule has 6 nitrogen and oxygen atoms in total. The maximum atomic E-state index is 12.7. The van der Waals surface area contributed by atoms with Gasteiger partial charge in [0.15, 0.2) is 0 Å². The van der Waals surface area contributed by atoms with Crippen molar-refractivity contribution in [2.24, 2.45) is 0 Å². The fourth-order valence-electron chi connectivity index (χ4n) is 3.90. The van der Waals surface area contributed by atoms with Gasteiger partial charge in [0.1, 0.15) is 11.6 Å². The Labute approximate surface area is 191 Å². The summed E-state index contributed by atoms with van der Waals surface area (Å²) < 4.78 is 2.11. The Morgan fingerprint density at radius 3 is 2.39 bits per heavy atom. The lowest BCUT2D eigenvalue weighted by Crippen LogP contribution is -2.22. The van der Waals surface area contributed by atoms with Crippen LogP contribution in [0, 0.1) is 25.2 Å². The van der Waals surface area contributed by atoms with Crippen molar-refractivity contribution in [1.82, 2.24) is 4.57 Å². The molecule has 0 aliphatic heterocycles. The molecule has 3 aromatic carbocycles. The van der Waals surface area contributed by atoms with Crippen LogP contribution in [0.5, 0.6) is 0 Å². The SMILES string of the molecule is Cc1cc(/C=C(\C#N)C(=O)Nc2ccc(C(=O)[O-])cc2)c(C)n1-c1cccc2ccccc12. The molecule has 0 unspecified atom stereocenters.